The number of nitrogens with one attached hydrogen (secondary N) is 1. The number of benzene rings is 1. The zero-order chi connectivity index (χ0) is 20.7. The van der Waals surface area contributed by atoms with E-state index in [0.717, 1.165) is 36.9 Å². The summed E-state index contributed by atoms with van der Waals surface area (Å²) in [6.45, 7) is 6.94. The van der Waals surface area contributed by atoms with Crippen LogP contribution in [0.3, 0.4) is 0 Å². The first-order valence-corrected chi connectivity index (χ1v) is 11.8. The molecule has 1 atom stereocenters. The van der Waals surface area contributed by atoms with Gasteiger partial charge in [-0.1, -0.05) is 33.1 Å². The summed E-state index contributed by atoms with van der Waals surface area (Å²) >= 11 is 0. The molecule has 0 aliphatic carbocycles. The number of sulfone groups is 1. The summed E-state index contributed by atoms with van der Waals surface area (Å²) in [5.74, 6) is -0.0287. The Labute approximate surface area is 168 Å². The van der Waals surface area contributed by atoms with Crippen molar-refractivity contribution in [2.24, 2.45) is 5.92 Å². The van der Waals surface area contributed by atoms with Crippen LogP contribution < -0.4 is 10.2 Å². The Morgan fingerprint density at radius 3 is 2.64 bits per heavy atom. The Balaban J connectivity index is 1.92. The molecule has 7 heteroatoms. The number of carbonyl (C=O) groups is 2. The third-order valence-corrected chi connectivity index (χ3v) is 7.13. The number of carbonyl (C=O) groups excluding carboxylic acids is 2. The molecule has 2 rings (SSSR count). The van der Waals surface area contributed by atoms with E-state index in [2.05, 4.69) is 19.2 Å². The normalized spacial score (nSPS) is 14.6. The Morgan fingerprint density at radius 2 is 2.00 bits per heavy atom. The molecule has 1 aliphatic rings. The van der Waals surface area contributed by atoms with Crippen LogP contribution in [-0.4, -0.2) is 39.1 Å². The summed E-state index contributed by atoms with van der Waals surface area (Å²) in [5.41, 5.74) is 1.64. The predicted molar refractivity (Wildman–Crippen MR) is 111 cm³/mol. The van der Waals surface area contributed by atoms with E-state index in [-0.39, 0.29) is 28.9 Å². The number of hydrogen-bond donors (Lipinski definition) is 1. The lowest BCUT2D eigenvalue weighted by molar-refractivity contribution is -0.121. The van der Waals surface area contributed by atoms with Crippen LogP contribution >= 0.6 is 0 Å². The van der Waals surface area contributed by atoms with Crippen molar-refractivity contribution in [3.63, 3.8) is 0 Å². The molecule has 0 spiro atoms. The minimum atomic E-state index is -3.54. The fraction of sp³-hybridized carbons (Fsp3) is 0.619. The van der Waals surface area contributed by atoms with E-state index in [1.54, 1.807) is 17.0 Å². The van der Waals surface area contributed by atoms with Crippen LogP contribution in [0, 0.1) is 5.92 Å². The third-order valence-electron chi connectivity index (χ3n) is 5.41. The minimum Gasteiger partial charge on any atom is -0.356 e. The predicted octanol–water partition coefficient (Wildman–Crippen LogP) is 3.09. The lowest BCUT2D eigenvalue weighted by Gasteiger charge is -2.16. The highest BCUT2D eigenvalue weighted by Crippen LogP contribution is 2.30. The number of anilines is 1. The van der Waals surface area contributed by atoms with Crippen LogP contribution in [0.4, 0.5) is 5.69 Å². The van der Waals surface area contributed by atoms with Crippen LogP contribution in [0.5, 0.6) is 0 Å². The maximum Gasteiger partial charge on any atom is 0.223 e. The van der Waals surface area contributed by atoms with E-state index in [1.165, 1.54) is 13.0 Å². The number of unbranched alkanes of at least 4 members (excludes halogenated alkanes) is 1. The molecule has 0 bridgehead atoms. The topological polar surface area (TPSA) is 83.6 Å². The summed E-state index contributed by atoms with van der Waals surface area (Å²) < 4.78 is 25.3. The summed E-state index contributed by atoms with van der Waals surface area (Å²) in [7, 11) is -3.54. The average Bonchev–Trinajstić information content (AvgIpc) is 3.10. The number of amides is 2. The van der Waals surface area contributed by atoms with Gasteiger partial charge in [-0.05, 0) is 42.5 Å². The summed E-state index contributed by atoms with van der Waals surface area (Å²) in [5, 5.41) is 2.88. The number of fused-ring (bicyclic) bond motifs is 1. The molecule has 0 aromatic heterocycles. The summed E-state index contributed by atoms with van der Waals surface area (Å²) in [6, 6.07) is 4.87. The van der Waals surface area contributed by atoms with Gasteiger partial charge in [-0.25, -0.2) is 8.42 Å². The van der Waals surface area contributed by atoms with Gasteiger partial charge in [0.1, 0.15) is 0 Å². The van der Waals surface area contributed by atoms with Crippen molar-refractivity contribution in [3.05, 3.63) is 23.8 Å². The van der Waals surface area contributed by atoms with Crippen LogP contribution in [-0.2, 0) is 25.8 Å². The van der Waals surface area contributed by atoms with E-state index in [1.807, 2.05) is 0 Å². The molecule has 1 aromatic carbocycles. The van der Waals surface area contributed by atoms with Gasteiger partial charge in [0.25, 0.3) is 0 Å². The smallest absolute Gasteiger partial charge is 0.223 e. The number of rotatable bonds is 10. The maximum absolute atomic E-state index is 12.6. The Morgan fingerprint density at radius 1 is 1.25 bits per heavy atom. The van der Waals surface area contributed by atoms with E-state index >= 15 is 0 Å². The molecule has 1 aliphatic heterocycles. The lowest BCUT2D eigenvalue weighted by Crippen LogP contribution is -2.30. The van der Waals surface area contributed by atoms with Crippen molar-refractivity contribution in [3.8, 4) is 0 Å². The van der Waals surface area contributed by atoms with Crippen LogP contribution in [0.15, 0.2) is 23.1 Å². The van der Waals surface area contributed by atoms with E-state index in [0.29, 0.717) is 25.4 Å². The Hall–Kier alpha value is -1.89. The van der Waals surface area contributed by atoms with Gasteiger partial charge in [-0.3, -0.25) is 9.59 Å². The molecule has 1 aromatic rings. The fourth-order valence-electron chi connectivity index (χ4n) is 3.53. The van der Waals surface area contributed by atoms with Crippen LogP contribution in [0.2, 0.25) is 0 Å². The molecule has 2 amide bonds. The van der Waals surface area contributed by atoms with E-state index < -0.39 is 9.84 Å². The van der Waals surface area contributed by atoms with Gasteiger partial charge in [-0.2, -0.15) is 0 Å². The number of hydrogen-bond acceptors (Lipinski definition) is 4. The second kappa shape index (κ2) is 10.0. The molecule has 0 fully saturated rings. The molecule has 156 valence electrons. The molecule has 1 N–H and O–H groups in total. The van der Waals surface area contributed by atoms with Crippen molar-refractivity contribution in [2.45, 2.75) is 64.2 Å². The summed E-state index contributed by atoms with van der Waals surface area (Å²) in [6.07, 6.45) is 4.97. The molecule has 0 saturated carbocycles. The van der Waals surface area contributed by atoms with Crippen LogP contribution in [0.1, 0.15) is 58.4 Å². The first kappa shape index (κ1) is 22.4. The zero-order valence-electron chi connectivity index (χ0n) is 17.2. The molecule has 1 heterocycles. The van der Waals surface area contributed by atoms with Crippen molar-refractivity contribution in [2.75, 3.05) is 23.7 Å². The molecular formula is C21H32N2O4S. The largest absolute Gasteiger partial charge is 0.356 e. The first-order chi connectivity index (χ1) is 13.3. The number of nitrogens with zero attached hydrogens (tertiary/aromatic N) is 1. The average molecular weight is 409 g/mol. The van der Waals surface area contributed by atoms with Crippen molar-refractivity contribution >= 4 is 27.3 Å². The molecule has 0 unspecified atom stereocenters. The SMILES string of the molecule is CCCC[C@H](CC)CNC(=O)CCS(=O)(=O)c1ccc2c(c1)CCN2C(C)=O. The van der Waals surface area contributed by atoms with Gasteiger partial charge >= 0.3 is 0 Å². The first-order valence-electron chi connectivity index (χ1n) is 10.2. The maximum atomic E-state index is 12.6. The monoisotopic (exact) mass is 408 g/mol. The fourth-order valence-corrected chi connectivity index (χ4v) is 4.82. The minimum absolute atomic E-state index is 0.0385. The molecule has 0 radical (unpaired) electrons. The Kier molecular flexibility index (Phi) is 8.04. The van der Waals surface area contributed by atoms with Crippen molar-refractivity contribution < 1.29 is 18.0 Å². The zero-order valence-corrected chi connectivity index (χ0v) is 18.0. The quantitative estimate of drug-likeness (QED) is 0.645. The van der Waals surface area contributed by atoms with Crippen LogP contribution in [0.25, 0.3) is 0 Å². The third kappa shape index (κ3) is 5.80. The van der Waals surface area contributed by atoms with Crippen molar-refractivity contribution in [1.82, 2.24) is 5.32 Å². The van der Waals surface area contributed by atoms with Gasteiger partial charge in [0.15, 0.2) is 9.84 Å². The molecule has 28 heavy (non-hydrogen) atoms. The van der Waals surface area contributed by atoms with Gasteiger partial charge in [0.05, 0.1) is 10.6 Å². The molecular weight excluding hydrogens is 376 g/mol. The molecule has 6 nitrogen and oxygen atoms in total. The highest BCUT2D eigenvalue weighted by atomic mass is 32.2. The Bertz CT molecular complexity index is 805. The summed E-state index contributed by atoms with van der Waals surface area (Å²) in [4.78, 5) is 25.6. The van der Waals surface area contributed by atoms with Gasteiger partial charge < -0.3 is 10.2 Å². The highest BCUT2D eigenvalue weighted by Gasteiger charge is 2.25. The van der Waals surface area contributed by atoms with E-state index in [9.17, 15) is 18.0 Å². The van der Waals surface area contributed by atoms with E-state index in [4.69, 9.17) is 0 Å². The molecule has 0 saturated heterocycles. The van der Waals surface area contributed by atoms with Crippen molar-refractivity contribution in [1.29, 1.82) is 0 Å². The second-order valence-electron chi connectivity index (χ2n) is 7.50. The standard InChI is InChI=1S/C21H32N2O4S/c1-4-6-7-17(5-2)15-22-21(25)11-13-28(26,27)19-8-9-20-18(14-19)10-12-23(20)16(3)24/h8-9,14,17H,4-7,10-13,15H2,1-3H3,(H,22,25)/t17-/m0/s1. The second-order valence-corrected chi connectivity index (χ2v) is 9.61. The van der Waals surface area contributed by atoms with Gasteiger partial charge in [0, 0.05) is 32.1 Å². The highest BCUT2D eigenvalue weighted by molar-refractivity contribution is 7.91. The van der Waals surface area contributed by atoms with Gasteiger partial charge in [0.2, 0.25) is 11.8 Å². The lowest BCUT2D eigenvalue weighted by atomic mass is 9.99. The van der Waals surface area contributed by atoms with Gasteiger partial charge in [-0.15, -0.1) is 0 Å².